The van der Waals surface area contributed by atoms with Crippen LogP contribution in [-0.4, -0.2) is 24.3 Å². The topological polar surface area (TPSA) is 81.7 Å². The fourth-order valence-electron chi connectivity index (χ4n) is 3.97. The first kappa shape index (κ1) is 19.4. The first-order valence-electron chi connectivity index (χ1n) is 9.72. The summed E-state index contributed by atoms with van der Waals surface area (Å²) < 4.78 is 10.7. The minimum atomic E-state index is -0.134. The molecule has 0 bridgehead atoms. The molecule has 6 heteroatoms. The van der Waals surface area contributed by atoms with Gasteiger partial charge >= 0.3 is 0 Å². The van der Waals surface area contributed by atoms with Crippen LogP contribution < -0.4 is 14.8 Å². The lowest BCUT2D eigenvalue weighted by atomic mass is 9.96. The van der Waals surface area contributed by atoms with Gasteiger partial charge in [-0.25, -0.2) is 0 Å². The molecule has 3 rings (SSSR count). The van der Waals surface area contributed by atoms with Crippen LogP contribution in [0.4, 0.5) is 5.69 Å². The number of ketones is 2. The second kappa shape index (κ2) is 8.55. The monoisotopic (exact) mass is 373 g/mol. The zero-order chi connectivity index (χ0) is 19.4. The number of benzene rings is 1. The second-order valence-corrected chi connectivity index (χ2v) is 7.54. The molecule has 2 unspecified atom stereocenters. The van der Waals surface area contributed by atoms with Gasteiger partial charge in [0.25, 0.3) is 0 Å². The highest BCUT2D eigenvalue weighted by Crippen LogP contribution is 2.38. The summed E-state index contributed by atoms with van der Waals surface area (Å²) in [6.45, 7) is 3.48. The lowest BCUT2D eigenvalue weighted by molar-refractivity contribution is -0.119. The van der Waals surface area contributed by atoms with Crippen LogP contribution in [-0.2, 0) is 9.59 Å². The summed E-state index contributed by atoms with van der Waals surface area (Å²) in [5.41, 5.74) is 0.898. The molecule has 0 radical (unpaired) electrons. The zero-order valence-electron chi connectivity index (χ0n) is 16.0. The van der Waals surface area contributed by atoms with E-state index in [1.807, 2.05) is 6.92 Å². The van der Waals surface area contributed by atoms with E-state index in [4.69, 9.17) is 9.47 Å². The molecule has 1 heterocycles. The summed E-state index contributed by atoms with van der Waals surface area (Å²) in [5, 5.41) is 2.87. The maximum Gasteiger partial charge on any atom is 0.231 e. The number of amides is 1. The van der Waals surface area contributed by atoms with Gasteiger partial charge in [-0.2, -0.15) is 0 Å². The number of anilines is 1. The Morgan fingerprint density at radius 3 is 2.52 bits per heavy atom. The summed E-state index contributed by atoms with van der Waals surface area (Å²) in [5.74, 6) is 2.03. The molecule has 1 saturated carbocycles. The van der Waals surface area contributed by atoms with E-state index >= 15 is 0 Å². The van der Waals surface area contributed by atoms with Gasteiger partial charge in [0.05, 0.1) is 5.69 Å². The molecule has 2 aliphatic rings. The predicted octanol–water partition coefficient (Wildman–Crippen LogP) is 4.12. The normalized spacial score (nSPS) is 20.5. The molecule has 1 amide bonds. The van der Waals surface area contributed by atoms with Gasteiger partial charge in [0.15, 0.2) is 17.3 Å². The third-order valence-electron chi connectivity index (χ3n) is 5.52. The summed E-state index contributed by atoms with van der Waals surface area (Å²) in [4.78, 5) is 35.9. The third-order valence-corrected chi connectivity index (χ3v) is 5.52. The van der Waals surface area contributed by atoms with Crippen molar-refractivity contribution >= 4 is 23.2 Å². The Kier molecular flexibility index (Phi) is 6.14. The molecule has 1 aliphatic heterocycles. The number of ether oxygens (including phenoxy) is 2. The van der Waals surface area contributed by atoms with Crippen LogP contribution in [0.25, 0.3) is 0 Å². The molecule has 1 aliphatic carbocycles. The van der Waals surface area contributed by atoms with Crippen molar-refractivity contribution in [2.45, 2.75) is 58.8 Å². The van der Waals surface area contributed by atoms with Crippen molar-refractivity contribution in [2.24, 2.45) is 11.8 Å². The van der Waals surface area contributed by atoms with Gasteiger partial charge in [-0.3, -0.25) is 14.4 Å². The van der Waals surface area contributed by atoms with Crippen LogP contribution >= 0.6 is 0 Å². The van der Waals surface area contributed by atoms with E-state index < -0.39 is 0 Å². The number of rotatable bonds is 8. The SMILES string of the molecule is CCC(=O)CCC1CCC(CC(=O)Nc2cc3c(cc2C(C)=O)OCO3)C1. The smallest absolute Gasteiger partial charge is 0.231 e. The van der Waals surface area contributed by atoms with Gasteiger partial charge in [-0.1, -0.05) is 13.3 Å². The Balaban J connectivity index is 1.56. The Morgan fingerprint density at radius 2 is 1.81 bits per heavy atom. The van der Waals surface area contributed by atoms with Gasteiger partial charge in [-0.05, 0) is 44.1 Å². The minimum Gasteiger partial charge on any atom is -0.454 e. The Labute approximate surface area is 159 Å². The Hall–Kier alpha value is -2.37. The molecule has 1 fully saturated rings. The first-order chi connectivity index (χ1) is 13.0. The summed E-state index contributed by atoms with van der Waals surface area (Å²) in [6.07, 6.45) is 5.71. The number of hydrogen-bond donors (Lipinski definition) is 1. The molecule has 0 saturated heterocycles. The second-order valence-electron chi connectivity index (χ2n) is 7.54. The number of hydrogen-bond acceptors (Lipinski definition) is 5. The van der Waals surface area contributed by atoms with E-state index in [-0.39, 0.29) is 18.5 Å². The Bertz CT molecular complexity index is 742. The highest BCUT2D eigenvalue weighted by molar-refractivity contribution is 6.04. The zero-order valence-corrected chi connectivity index (χ0v) is 16.0. The van der Waals surface area contributed by atoms with Gasteiger partial charge in [0, 0.05) is 30.9 Å². The van der Waals surface area contributed by atoms with Crippen LogP contribution in [0.3, 0.4) is 0 Å². The van der Waals surface area contributed by atoms with Crippen LogP contribution in [0, 0.1) is 11.8 Å². The fraction of sp³-hybridized carbons (Fsp3) is 0.571. The Morgan fingerprint density at radius 1 is 1.11 bits per heavy atom. The minimum absolute atomic E-state index is 0.0911. The van der Waals surface area contributed by atoms with Crippen LogP contribution in [0.15, 0.2) is 12.1 Å². The molecular weight excluding hydrogens is 346 g/mol. The van der Waals surface area contributed by atoms with Crippen molar-refractivity contribution in [2.75, 3.05) is 12.1 Å². The van der Waals surface area contributed by atoms with Gasteiger partial charge < -0.3 is 14.8 Å². The maximum atomic E-state index is 12.5. The number of Topliss-reactive ketones (excluding diaryl/α,β-unsaturated/α-hetero) is 2. The van der Waals surface area contributed by atoms with Crippen LogP contribution in [0.1, 0.15) is 69.2 Å². The molecule has 146 valence electrons. The van der Waals surface area contributed by atoms with E-state index in [1.54, 1.807) is 12.1 Å². The molecule has 1 N–H and O–H groups in total. The van der Waals surface area contributed by atoms with Crippen molar-refractivity contribution in [3.8, 4) is 11.5 Å². The summed E-state index contributed by atoms with van der Waals surface area (Å²) >= 11 is 0. The van der Waals surface area contributed by atoms with E-state index in [1.165, 1.54) is 6.92 Å². The van der Waals surface area contributed by atoms with Crippen molar-refractivity contribution in [3.05, 3.63) is 17.7 Å². The van der Waals surface area contributed by atoms with Crippen LogP contribution in [0.5, 0.6) is 11.5 Å². The highest BCUT2D eigenvalue weighted by Gasteiger charge is 2.27. The van der Waals surface area contributed by atoms with E-state index in [0.717, 1.165) is 25.7 Å². The largest absolute Gasteiger partial charge is 0.454 e. The number of fused-ring (bicyclic) bond motifs is 1. The third kappa shape index (κ3) is 4.87. The number of carbonyl (C=O) groups is 3. The quantitative estimate of drug-likeness (QED) is 0.693. The molecule has 27 heavy (non-hydrogen) atoms. The fourth-order valence-corrected chi connectivity index (χ4v) is 3.97. The van der Waals surface area contributed by atoms with E-state index in [2.05, 4.69) is 5.32 Å². The molecule has 2 atom stereocenters. The van der Waals surface area contributed by atoms with E-state index in [0.29, 0.717) is 59.6 Å². The predicted molar refractivity (Wildman–Crippen MR) is 101 cm³/mol. The molecular formula is C21H27NO5. The van der Waals surface area contributed by atoms with Crippen LogP contribution in [0.2, 0.25) is 0 Å². The lowest BCUT2D eigenvalue weighted by Gasteiger charge is -2.13. The van der Waals surface area contributed by atoms with Gasteiger partial charge in [-0.15, -0.1) is 0 Å². The summed E-state index contributed by atoms with van der Waals surface area (Å²) in [6, 6.07) is 3.28. The van der Waals surface area contributed by atoms with Crippen molar-refractivity contribution in [3.63, 3.8) is 0 Å². The average molecular weight is 373 g/mol. The van der Waals surface area contributed by atoms with Crippen molar-refractivity contribution in [1.29, 1.82) is 0 Å². The number of carbonyl (C=O) groups excluding carboxylic acids is 3. The number of nitrogens with one attached hydrogen (secondary N) is 1. The maximum absolute atomic E-state index is 12.5. The lowest BCUT2D eigenvalue weighted by Crippen LogP contribution is -2.17. The van der Waals surface area contributed by atoms with Gasteiger partial charge in [0.2, 0.25) is 12.7 Å². The summed E-state index contributed by atoms with van der Waals surface area (Å²) in [7, 11) is 0. The van der Waals surface area contributed by atoms with Crippen molar-refractivity contribution in [1.82, 2.24) is 0 Å². The molecule has 1 aromatic rings. The highest BCUT2D eigenvalue weighted by atomic mass is 16.7. The molecule has 6 nitrogen and oxygen atoms in total. The van der Waals surface area contributed by atoms with Gasteiger partial charge in [0.1, 0.15) is 5.78 Å². The van der Waals surface area contributed by atoms with Crippen molar-refractivity contribution < 1.29 is 23.9 Å². The molecule has 0 aromatic heterocycles. The first-order valence-corrected chi connectivity index (χ1v) is 9.72. The molecule has 0 spiro atoms. The molecule has 1 aromatic carbocycles. The van der Waals surface area contributed by atoms with E-state index in [9.17, 15) is 14.4 Å². The average Bonchev–Trinajstić information content (AvgIpc) is 3.27. The standard InChI is InChI=1S/C21H27NO5/c1-3-16(24)7-6-14-4-5-15(8-14)9-21(25)22-18-11-20-19(26-12-27-20)10-17(18)13(2)23/h10-11,14-15H,3-9,12H2,1-2H3,(H,22,25).